The predicted molar refractivity (Wildman–Crippen MR) is 71.1 cm³/mol. The third kappa shape index (κ3) is 3.81. The third-order valence-corrected chi connectivity index (χ3v) is 3.45. The smallest absolute Gasteiger partial charge is 0.342 e. The predicted octanol–water partition coefficient (Wildman–Crippen LogP) is 1.21. The quantitative estimate of drug-likeness (QED) is 0.748. The fourth-order valence-electron chi connectivity index (χ4n) is 1.92. The molecule has 0 fully saturated rings. The second kappa shape index (κ2) is 6.21. The molecule has 5 nitrogen and oxygen atoms in total. The second-order valence-electron chi connectivity index (χ2n) is 5.38. The van der Waals surface area contributed by atoms with Gasteiger partial charge >= 0.3 is 5.63 Å². The van der Waals surface area contributed by atoms with Crippen molar-refractivity contribution in [3.05, 3.63) is 27.8 Å². The Balaban J connectivity index is 2.83. The van der Waals surface area contributed by atoms with Gasteiger partial charge in [0.1, 0.15) is 11.5 Å². The van der Waals surface area contributed by atoms with Crippen molar-refractivity contribution >= 4 is 0 Å². The Morgan fingerprint density at radius 2 is 1.84 bits per heavy atom. The number of aliphatic hydroxyl groups is 2. The van der Waals surface area contributed by atoms with Crippen LogP contribution in [-0.2, 0) is 6.42 Å². The van der Waals surface area contributed by atoms with E-state index in [0.717, 1.165) is 0 Å². The van der Waals surface area contributed by atoms with Crippen LogP contribution in [0.1, 0.15) is 32.1 Å². The van der Waals surface area contributed by atoms with Crippen LogP contribution in [0.25, 0.3) is 0 Å². The zero-order chi connectivity index (χ0) is 14.7. The molecule has 19 heavy (non-hydrogen) atoms. The maximum absolute atomic E-state index is 11.4. The molecule has 0 amide bonds. The van der Waals surface area contributed by atoms with E-state index >= 15 is 0 Å². The molecular weight excluding hydrogens is 248 g/mol. The molecule has 0 aliphatic carbocycles. The lowest BCUT2D eigenvalue weighted by Crippen LogP contribution is -2.34. The molecule has 0 saturated heterocycles. The summed E-state index contributed by atoms with van der Waals surface area (Å²) in [4.78, 5) is 11.4. The Bertz CT molecular complexity index is 477. The highest BCUT2D eigenvalue weighted by atomic mass is 16.4. The SMILES string of the molecule is Cc1c(O)cc(C[C@@H](O)[C@@H](C)[C@H](O)C(C)C)oc1=O. The van der Waals surface area contributed by atoms with Gasteiger partial charge in [-0.15, -0.1) is 0 Å². The van der Waals surface area contributed by atoms with Crippen LogP contribution in [0, 0.1) is 18.8 Å². The first-order valence-electron chi connectivity index (χ1n) is 6.42. The summed E-state index contributed by atoms with van der Waals surface area (Å²) < 4.78 is 4.99. The van der Waals surface area contributed by atoms with Crippen molar-refractivity contribution in [2.75, 3.05) is 0 Å². The van der Waals surface area contributed by atoms with E-state index in [9.17, 15) is 20.1 Å². The van der Waals surface area contributed by atoms with Crippen LogP contribution in [0.2, 0.25) is 0 Å². The summed E-state index contributed by atoms with van der Waals surface area (Å²) in [6.07, 6.45) is -1.41. The molecule has 5 heteroatoms. The zero-order valence-corrected chi connectivity index (χ0v) is 11.8. The van der Waals surface area contributed by atoms with Gasteiger partial charge in [0.05, 0.1) is 17.8 Å². The third-order valence-electron chi connectivity index (χ3n) is 3.45. The maximum atomic E-state index is 11.4. The van der Waals surface area contributed by atoms with Crippen LogP contribution < -0.4 is 5.63 Å². The molecule has 3 N–H and O–H groups in total. The lowest BCUT2D eigenvalue weighted by molar-refractivity contribution is -0.00362. The molecule has 108 valence electrons. The van der Waals surface area contributed by atoms with Crippen LogP contribution in [0.3, 0.4) is 0 Å². The van der Waals surface area contributed by atoms with Crippen molar-refractivity contribution in [2.45, 2.75) is 46.3 Å². The Hall–Kier alpha value is -1.33. The average Bonchev–Trinajstić information content (AvgIpc) is 2.33. The Morgan fingerprint density at radius 3 is 2.32 bits per heavy atom. The lowest BCUT2D eigenvalue weighted by Gasteiger charge is -2.26. The average molecular weight is 270 g/mol. The largest absolute Gasteiger partial charge is 0.507 e. The lowest BCUT2D eigenvalue weighted by atomic mass is 9.88. The highest BCUT2D eigenvalue weighted by Gasteiger charge is 2.26. The van der Waals surface area contributed by atoms with Gasteiger partial charge in [0.25, 0.3) is 0 Å². The molecule has 0 spiro atoms. The van der Waals surface area contributed by atoms with Gasteiger partial charge in [0, 0.05) is 18.4 Å². The monoisotopic (exact) mass is 270 g/mol. The molecule has 1 rings (SSSR count). The standard InChI is InChI=1S/C14H22O5/c1-7(2)13(17)8(3)11(15)5-10-6-12(16)9(4)14(18)19-10/h6-8,11,13,15-17H,5H2,1-4H3/t8-,11-,13-/m1/s1. The molecular formula is C14H22O5. The second-order valence-corrected chi connectivity index (χ2v) is 5.38. The molecule has 1 aromatic rings. The van der Waals surface area contributed by atoms with Crippen LogP contribution in [0.15, 0.2) is 15.3 Å². The van der Waals surface area contributed by atoms with E-state index in [1.807, 2.05) is 13.8 Å². The minimum Gasteiger partial charge on any atom is -0.507 e. The van der Waals surface area contributed by atoms with Crippen molar-refractivity contribution < 1.29 is 19.7 Å². The Kier molecular flexibility index (Phi) is 5.14. The number of hydrogen-bond donors (Lipinski definition) is 3. The summed E-state index contributed by atoms with van der Waals surface area (Å²) in [6.45, 7) is 6.94. The first kappa shape index (κ1) is 15.7. The van der Waals surface area contributed by atoms with Gasteiger partial charge in [-0.2, -0.15) is 0 Å². The molecule has 0 bridgehead atoms. The molecule has 3 atom stereocenters. The van der Waals surface area contributed by atoms with Gasteiger partial charge in [-0.25, -0.2) is 4.79 Å². The molecule has 0 aromatic carbocycles. The summed E-state index contributed by atoms with van der Waals surface area (Å²) in [5.41, 5.74) is -0.465. The van der Waals surface area contributed by atoms with E-state index in [0.29, 0.717) is 0 Å². The number of rotatable bonds is 5. The normalized spacial score (nSPS) is 16.4. The fourth-order valence-corrected chi connectivity index (χ4v) is 1.92. The minimum atomic E-state index is -0.845. The van der Waals surface area contributed by atoms with E-state index in [1.54, 1.807) is 6.92 Å². The molecule has 1 heterocycles. The van der Waals surface area contributed by atoms with Crippen molar-refractivity contribution in [3.63, 3.8) is 0 Å². The zero-order valence-electron chi connectivity index (χ0n) is 11.8. The molecule has 1 aromatic heterocycles. The Labute approximate surface area is 112 Å². The van der Waals surface area contributed by atoms with Crippen molar-refractivity contribution in [1.82, 2.24) is 0 Å². The topological polar surface area (TPSA) is 90.9 Å². The Morgan fingerprint density at radius 1 is 1.26 bits per heavy atom. The highest BCUT2D eigenvalue weighted by molar-refractivity contribution is 5.28. The van der Waals surface area contributed by atoms with Crippen molar-refractivity contribution in [1.29, 1.82) is 0 Å². The molecule has 0 aliphatic rings. The van der Waals surface area contributed by atoms with Gasteiger partial charge in [-0.05, 0) is 12.8 Å². The van der Waals surface area contributed by atoms with E-state index < -0.39 is 17.8 Å². The molecule has 0 saturated carbocycles. The summed E-state index contributed by atoms with van der Waals surface area (Å²) in [5.74, 6) is -0.254. The summed E-state index contributed by atoms with van der Waals surface area (Å²) in [6, 6.07) is 1.33. The van der Waals surface area contributed by atoms with Gasteiger partial charge in [-0.1, -0.05) is 20.8 Å². The van der Waals surface area contributed by atoms with Crippen LogP contribution in [0.5, 0.6) is 5.75 Å². The van der Waals surface area contributed by atoms with Crippen LogP contribution >= 0.6 is 0 Å². The highest BCUT2D eigenvalue weighted by Crippen LogP contribution is 2.21. The van der Waals surface area contributed by atoms with Crippen molar-refractivity contribution in [2.24, 2.45) is 11.8 Å². The fraction of sp³-hybridized carbons (Fsp3) is 0.643. The molecule has 0 aliphatic heterocycles. The van der Waals surface area contributed by atoms with Gasteiger partial charge in [0.15, 0.2) is 0 Å². The first-order valence-corrected chi connectivity index (χ1v) is 6.42. The van der Waals surface area contributed by atoms with E-state index in [2.05, 4.69) is 0 Å². The van der Waals surface area contributed by atoms with Gasteiger partial charge in [-0.3, -0.25) is 0 Å². The van der Waals surface area contributed by atoms with Crippen LogP contribution in [-0.4, -0.2) is 27.5 Å². The number of aliphatic hydroxyl groups excluding tert-OH is 2. The van der Waals surface area contributed by atoms with Crippen molar-refractivity contribution in [3.8, 4) is 5.75 Å². The maximum Gasteiger partial charge on any atom is 0.342 e. The summed E-state index contributed by atoms with van der Waals surface area (Å²) in [7, 11) is 0. The molecule has 0 radical (unpaired) electrons. The molecule has 0 unspecified atom stereocenters. The summed E-state index contributed by atoms with van der Waals surface area (Å²) in [5, 5.41) is 29.5. The van der Waals surface area contributed by atoms with E-state index in [1.165, 1.54) is 13.0 Å². The van der Waals surface area contributed by atoms with E-state index in [4.69, 9.17) is 4.42 Å². The number of aromatic hydroxyl groups is 1. The van der Waals surface area contributed by atoms with Crippen LogP contribution in [0.4, 0.5) is 0 Å². The minimum absolute atomic E-state index is 0.0306. The van der Waals surface area contributed by atoms with Gasteiger partial charge in [0.2, 0.25) is 0 Å². The van der Waals surface area contributed by atoms with E-state index in [-0.39, 0.29) is 35.3 Å². The number of hydrogen-bond acceptors (Lipinski definition) is 5. The first-order chi connectivity index (χ1) is 8.73. The summed E-state index contributed by atoms with van der Waals surface area (Å²) >= 11 is 0. The van der Waals surface area contributed by atoms with Gasteiger partial charge < -0.3 is 19.7 Å².